The summed E-state index contributed by atoms with van der Waals surface area (Å²) in [5.74, 6) is -3.54. The number of unbranched alkanes of at least 4 members (excludes halogenated alkanes) is 6. The van der Waals surface area contributed by atoms with Gasteiger partial charge in [-0.05, 0) is 0 Å². The van der Waals surface area contributed by atoms with Crippen LogP contribution in [0.3, 0.4) is 0 Å². The second kappa shape index (κ2) is 22.0. The Morgan fingerprint density at radius 2 is 0.909 bits per heavy atom. The molecule has 0 aromatic heterocycles. The van der Waals surface area contributed by atoms with Crippen LogP contribution in [0.1, 0.15) is 58.8 Å². The Morgan fingerprint density at radius 3 is 1.09 bits per heavy atom. The first-order valence-corrected chi connectivity index (χ1v) is 6.70. The molecule has 0 rings (SSSR count). The lowest BCUT2D eigenvalue weighted by Crippen LogP contribution is -2.39. The van der Waals surface area contributed by atoms with E-state index in [1.807, 2.05) is 0 Å². The number of hydrogen-bond acceptors (Lipinski definition) is 4. The fourth-order valence-corrected chi connectivity index (χ4v) is 1.30. The Bertz CT molecular complexity index is 222. The summed E-state index contributed by atoms with van der Waals surface area (Å²) in [4.78, 5) is 19.5. The first kappa shape index (κ1) is 32.6. The number of aliphatic hydroxyl groups excluding tert-OH is 2. The number of hydrogen-bond donors (Lipinski definition) is 4. The molecular weight excluding hydrogens is 300 g/mol. The molecular formula is C13H32O9. The number of carboxylic acids is 2. The van der Waals surface area contributed by atoms with Crippen LogP contribution in [0, 0.1) is 0 Å². The first-order chi connectivity index (χ1) is 8.88. The maximum absolute atomic E-state index is 9.77. The van der Waals surface area contributed by atoms with Crippen molar-refractivity contribution in [1.82, 2.24) is 0 Å². The van der Waals surface area contributed by atoms with Crippen molar-refractivity contribution in [2.45, 2.75) is 71.0 Å². The predicted molar refractivity (Wildman–Crippen MR) is 81.8 cm³/mol. The van der Waals surface area contributed by atoms with Gasteiger partial charge < -0.3 is 36.9 Å². The summed E-state index contributed by atoms with van der Waals surface area (Å²) in [6, 6.07) is 0. The number of aliphatic carboxylic acids is 2. The van der Waals surface area contributed by atoms with E-state index in [2.05, 4.69) is 13.8 Å². The molecule has 0 bridgehead atoms. The number of aliphatic hydroxyl groups is 2. The van der Waals surface area contributed by atoms with Crippen LogP contribution in [0.15, 0.2) is 0 Å². The van der Waals surface area contributed by atoms with Gasteiger partial charge in [0, 0.05) is 0 Å². The van der Waals surface area contributed by atoms with E-state index >= 15 is 0 Å². The minimum Gasteiger partial charge on any atom is -0.479 e. The van der Waals surface area contributed by atoms with E-state index in [1.165, 1.54) is 44.9 Å². The third kappa shape index (κ3) is 21.0. The molecule has 0 amide bonds. The minimum absolute atomic E-state index is 0. The summed E-state index contributed by atoms with van der Waals surface area (Å²) in [6.45, 7) is 4.53. The van der Waals surface area contributed by atoms with Crippen molar-refractivity contribution in [3.05, 3.63) is 0 Å². The molecule has 9 heteroatoms. The fraction of sp³-hybridized carbons (Fsp3) is 0.846. The van der Waals surface area contributed by atoms with Crippen molar-refractivity contribution in [3.8, 4) is 0 Å². The zero-order valence-corrected chi connectivity index (χ0v) is 13.2. The van der Waals surface area contributed by atoms with Crippen molar-refractivity contribution in [2.24, 2.45) is 0 Å². The Morgan fingerprint density at radius 1 is 0.682 bits per heavy atom. The van der Waals surface area contributed by atoms with Crippen molar-refractivity contribution in [3.63, 3.8) is 0 Å². The highest BCUT2D eigenvalue weighted by atomic mass is 16.4. The second-order valence-electron chi connectivity index (χ2n) is 4.33. The van der Waals surface area contributed by atoms with Gasteiger partial charge in [0.25, 0.3) is 0 Å². The zero-order valence-electron chi connectivity index (χ0n) is 13.2. The summed E-state index contributed by atoms with van der Waals surface area (Å²) in [7, 11) is 0. The summed E-state index contributed by atoms with van der Waals surface area (Å²) < 4.78 is 0. The smallest absolute Gasteiger partial charge is 0.335 e. The maximum atomic E-state index is 9.77. The minimum atomic E-state index is -2.27. The summed E-state index contributed by atoms with van der Waals surface area (Å²) in [5.41, 5.74) is 0. The Kier molecular flexibility index (Phi) is 32.7. The molecule has 0 radical (unpaired) electrons. The van der Waals surface area contributed by atoms with E-state index in [-0.39, 0.29) is 16.4 Å². The third-order valence-corrected chi connectivity index (χ3v) is 2.51. The predicted octanol–water partition coefficient (Wildman–Crippen LogP) is -0.840. The summed E-state index contributed by atoms with van der Waals surface area (Å²) in [5, 5.41) is 32.5. The van der Waals surface area contributed by atoms with Crippen LogP contribution in [0.4, 0.5) is 0 Å². The van der Waals surface area contributed by atoms with Crippen LogP contribution >= 0.6 is 0 Å². The Hall–Kier alpha value is -1.26. The highest BCUT2D eigenvalue weighted by Gasteiger charge is 2.29. The monoisotopic (exact) mass is 332 g/mol. The van der Waals surface area contributed by atoms with Gasteiger partial charge in [-0.3, -0.25) is 0 Å². The van der Waals surface area contributed by atoms with E-state index < -0.39 is 24.1 Å². The molecule has 10 N–H and O–H groups in total. The molecule has 0 spiro atoms. The van der Waals surface area contributed by atoms with Gasteiger partial charge in [-0.1, -0.05) is 58.8 Å². The van der Waals surface area contributed by atoms with Crippen molar-refractivity contribution < 1.29 is 46.4 Å². The van der Waals surface area contributed by atoms with Gasteiger partial charge in [0.05, 0.1) is 0 Å². The molecule has 0 aliphatic heterocycles. The lowest BCUT2D eigenvalue weighted by molar-refractivity contribution is -0.165. The lowest BCUT2D eigenvalue weighted by atomic mass is 10.1. The van der Waals surface area contributed by atoms with Crippen LogP contribution in [0.2, 0.25) is 0 Å². The van der Waals surface area contributed by atoms with Crippen molar-refractivity contribution in [2.75, 3.05) is 0 Å². The van der Waals surface area contributed by atoms with Gasteiger partial charge in [0.2, 0.25) is 0 Å². The average Bonchev–Trinajstić information content (AvgIpc) is 2.37. The number of carboxylic acid groups (broad SMARTS) is 2. The number of rotatable bonds is 9. The van der Waals surface area contributed by atoms with E-state index in [4.69, 9.17) is 20.4 Å². The van der Waals surface area contributed by atoms with Crippen LogP contribution in [-0.4, -0.2) is 61.0 Å². The van der Waals surface area contributed by atoms with Gasteiger partial charge in [0.1, 0.15) is 0 Å². The Labute approximate surface area is 130 Å². The van der Waals surface area contributed by atoms with E-state index in [9.17, 15) is 9.59 Å². The van der Waals surface area contributed by atoms with Crippen LogP contribution in [0.25, 0.3) is 0 Å². The quantitative estimate of drug-likeness (QED) is 0.395. The molecule has 0 fully saturated rings. The highest BCUT2D eigenvalue weighted by Crippen LogP contribution is 2.05. The molecule has 9 nitrogen and oxygen atoms in total. The van der Waals surface area contributed by atoms with Gasteiger partial charge in [-0.15, -0.1) is 0 Å². The standard InChI is InChI=1S/C9H20.C4H6O6.3H2O/c1-3-5-7-9-8-6-4-2;5-1(3(7)8)2(6)4(9)10;;;/h3-9H2,1-2H3;1-2,5-6H,(H,7,8)(H,9,10);3*1H2. The molecule has 0 aliphatic rings. The molecule has 22 heavy (non-hydrogen) atoms. The first-order valence-electron chi connectivity index (χ1n) is 6.70. The van der Waals surface area contributed by atoms with Gasteiger partial charge >= 0.3 is 11.9 Å². The van der Waals surface area contributed by atoms with Gasteiger partial charge in [0.15, 0.2) is 12.2 Å². The lowest BCUT2D eigenvalue weighted by Gasteiger charge is -2.07. The molecule has 2 unspecified atom stereocenters. The molecule has 2 atom stereocenters. The zero-order chi connectivity index (χ0) is 15.3. The fourth-order valence-electron chi connectivity index (χ4n) is 1.30. The second-order valence-corrected chi connectivity index (χ2v) is 4.33. The van der Waals surface area contributed by atoms with E-state index in [0.717, 1.165) is 0 Å². The molecule has 0 aromatic rings. The van der Waals surface area contributed by atoms with Crippen molar-refractivity contribution >= 4 is 11.9 Å². The van der Waals surface area contributed by atoms with Gasteiger partial charge in [-0.25, -0.2) is 9.59 Å². The molecule has 0 aromatic carbocycles. The SMILES string of the molecule is CCCCCCCCC.O.O.O.O=C(O)C(O)C(O)C(=O)O. The van der Waals surface area contributed by atoms with Gasteiger partial charge in [-0.2, -0.15) is 0 Å². The van der Waals surface area contributed by atoms with E-state index in [0.29, 0.717) is 0 Å². The molecule has 0 saturated carbocycles. The van der Waals surface area contributed by atoms with E-state index in [1.54, 1.807) is 0 Å². The molecule has 0 saturated heterocycles. The molecule has 138 valence electrons. The normalized spacial score (nSPS) is 11.3. The maximum Gasteiger partial charge on any atom is 0.335 e. The molecule has 0 aliphatic carbocycles. The van der Waals surface area contributed by atoms with Crippen LogP contribution in [-0.2, 0) is 9.59 Å². The number of carbonyl (C=O) groups is 2. The highest BCUT2D eigenvalue weighted by molar-refractivity contribution is 5.83. The van der Waals surface area contributed by atoms with Crippen molar-refractivity contribution in [1.29, 1.82) is 0 Å². The summed E-state index contributed by atoms with van der Waals surface area (Å²) in [6.07, 6.45) is 5.44. The average molecular weight is 332 g/mol. The topological polar surface area (TPSA) is 210 Å². The van der Waals surface area contributed by atoms with Crippen LogP contribution < -0.4 is 0 Å². The Balaban J connectivity index is -0.0000000774. The third-order valence-electron chi connectivity index (χ3n) is 2.51. The largest absolute Gasteiger partial charge is 0.479 e. The summed E-state index contributed by atoms with van der Waals surface area (Å²) >= 11 is 0. The molecule has 0 heterocycles. The van der Waals surface area contributed by atoms with Crippen LogP contribution in [0.5, 0.6) is 0 Å².